The van der Waals surface area contributed by atoms with Crippen LogP contribution in [-0.4, -0.2) is 23.0 Å². The summed E-state index contributed by atoms with van der Waals surface area (Å²) in [5, 5.41) is 12.5. The molecule has 2 atom stereocenters. The molecule has 29 heavy (non-hydrogen) atoms. The average molecular weight is 415 g/mol. The summed E-state index contributed by atoms with van der Waals surface area (Å²) < 4.78 is 78.7. The molecule has 0 unspecified atom stereocenters. The van der Waals surface area contributed by atoms with Gasteiger partial charge in [0.05, 0.1) is 29.2 Å². The van der Waals surface area contributed by atoms with Crippen LogP contribution in [0.4, 0.5) is 32.0 Å². The van der Waals surface area contributed by atoms with Crippen molar-refractivity contribution < 1.29 is 36.2 Å². The monoisotopic (exact) mass is 415 g/mol. The lowest BCUT2D eigenvalue weighted by Crippen LogP contribution is -2.45. The topological polar surface area (TPSA) is 49.3 Å². The van der Waals surface area contributed by atoms with E-state index in [0.717, 1.165) is 6.08 Å². The number of carbonyl (C=O) groups excluding carboxylic acids is 1. The lowest BCUT2D eigenvalue weighted by Gasteiger charge is -2.34. The van der Waals surface area contributed by atoms with Gasteiger partial charge in [-0.2, -0.15) is 26.3 Å². The van der Waals surface area contributed by atoms with Crippen LogP contribution in [0, 0.1) is 0 Å². The summed E-state index contributed by atoms with van der Waals surface area (Å²) >= 11 is 0. The number of anilines is 1. The number of carbonyl (C=O) groups is 1. The molecule has 9 heteroatoms. The average Bonchev–Trinajstić information content (AvgIpc) is 2.97. The third kappa shape index (κ3) is 4.14. The number of alkyl halides is 6. The minimum atomic E-state index is -5.01. The summed E-state index contributed by atoms with van der Waals surface area (Å²) in [5.41, 5.74) is -4.63. The first kappa shape index (κ1) is 20.9. The minimum absolute atomic E-state index is 0.0150. The zero-order valence-electron chi connectivity index (χ0n) is 14.7. The summed E-state index contributed by atoms with van der Waals surface area (Å²) in [5.74, 6) is -1.45. The Morgan fingerprint density at radius 3 is 1.97 bits per heavy atom. The molecule has 154 valence electrons. The summed E-state index contributed by atoms with van der Waals surface area (Å²) in [6.07, 6.45) is -7.60. The number of allylic oxidation sites excluding steroid dienone is 1. The predicted molar refractivity (Wildman–Crippen MR) is 93.2 cm³/mol. The van der Waals surface area contributed by atoms with Crippen LogP contribution in [0.1, 0.15) is 22.6 Å². The summed E-state index contributed by atoms with van der Waals surface area (Å²) in [6.45, 7) is -0.730. The number of hydrogen-bond acceptors (Lipinski definition) is 3. The smallest absolute Gasteiger partial charge is 0.394 e. The Morgan fingerprint density at radius 1 is 0.931 bits per heavy atom. The molecule has 0 fully saturated rings. The zero-order valence-corrected chi connectivity index (χ0v) is 14.7. The molecule has 0 heterocycles. The van der Waals surface area contributed by atoms with E-state index in [4.69, 9.17) is 0 Å². The van der Waals surface area contributed by atoms with Gasteiger partial charge in [0.15, 0.2) is 5.78 Å². The van der Waals surface area contributed by atoms with E-state index in [1.165, 1.54) is 6.08 Å². The highest BCUT2D eigenvalue weighted by molar-refractivity contribution is 6.01. The number of nitrogens with one attached hydrogen (secondary N) is 1. The molecule has 0 saturated carbocycles. The normalized spacial score (nSPS) is 22.2. The molecule has 2 N–H and O–H groups in total. The van der Waals surface area contributed by atoms with Crippen LogP contribution < -0.4 is 5.32 Å². The van der Waals surface area contributed by atoms with Crippen molar-refractivity contribution in [2.75, 3.05) is 11.9 Å². The summed E-state index contributed by atoms with van der Waals surface area (Å²) in [7, 11) is 0. The molecule has 3 rings (SSSR count). The third-order valence-corrected chi connectivity index (χ3v) is 4.70. The van der Waals surface area contributed by atoms with Gasteiger partial charge in [0.2, 0.25) is 0 Å². The molecular formula is C20H15F6NO2. The van der Waals surface area contributed by atoms with Crippen molar-refractivity contribution in [2.24, 2.45) is 0 Å². The van der Waals surface area contributed by atoms with Gasteiger partial charge in [-0.3, -0.25) is 4.79 Å². The molecule has 0 amide bonds. The Bertz CT molecular complexity index is 904. The van der Waals surface area contributed by atoms with Crippen molar-refractivity contribution in [3.63, 3.8) is 0 Å². The first-order chi connectivity index (χ1) is 13.5. The molecule has 2 aromatic carbocycles. The van der Waals surface area contributed by atoms with Gasteiger partial charge >= 0.3 is 12.4 Å². The Kier molecular flexibility index (Phi) is 5.20. The number of aliphatic hydroxyl groups excluding tert-OH is 1. The quantitative estimate of drug-likeness (QED) is 0.706. The maximum atomic E-state index is 13.1. The van der Waals surface area contributed by atoms with E-state index in [1.54, 1.807) is 30.3 Å². The number of benzene rings is 2. The largest absolute Gasteiger partial charge is 0.416 e. The summed E-state index contributed by atoms with van der Waals surface area (Å²) in [6, 6.07) is 9.19. The lowest BCUT2D eigenvalue weighted by molar-refractivity contribution is -0.143. The van der Waals surface area contributed by atoms with Crippen LogP contribution in [-0.2, 0) is 17.1 Å². The van der Waals surface area contributed by atoms with Gasteiger partial charge in [-0.15, -0.1) is 0 Å². The van der Waals surface area contributed by atoms with Crippen molar-refractivity contribution >= 4 is 11.5 Å². The van der Waals surface area contributed by atoms with E-state index >= 15 is 0 Å². The van der Waals surface area contributed by atoms with E-state index in [9.17, 15) is 36.2 Å². The predicted octanol–water partition coefficient (Wildman–Crippen LogP) is 4.79. The molecular weight excluding hydrogens is 400 g/mol. The van der Waals surface area contributed by atoms with E-state index in [0.29, 0.717) is 17.7 Å². The number of rotatable bonds is 4. The highest BCUT2D eigenvalue weighted by Crippen LogP contribution is 2.41. The number of halogens is 6. The number of ketones is 1. The summed E-state index contributed by atoms with van der Waals surface area (Å²) in [4.78, 5) is 12.4. The fourth-order valence-corrected chi connectivity index (χ4v) is 3.38. The van der Waals surface area contributed by atoms with Crippen molar-refractivity contribution in [3.8, 4) is 0 Å². The first-order valence-corrected chi connectivity index (χ1v) is 8.43. The van der Waals surface area contributed by atoms with E-state index in [-0.39, 0.29) is 6.07 Å². The lowest BCUT2D eigenvalue weighted by atomic mass is 9.81. The third-order valence-electron chi connectivity index (χ3n) is 4.70. The zero-order chi connectivity index (χ0) is 21.4. The SMILES string of the molecule is O=C1C=C[C@](CO)(Nc2cc(C(F)(F)F)cc(C(F)(F)F)c2)[C@H]1c1ccccc1. The standard InChI is InChI=1S/C20H15F6NO2/c21-19(22,23)13-8-14(20(24,25)26)10-15(9-13)27-18(11-28)7-6-16(29)17(18)12-4-2-1-3-5-12/h1-10,17,27-28H,11H2/t17-,18+/m0/s1. The molecule has 1 aliphatic carbocycles. The van der Waals surface area contributed by atoms with Gasteiger partial charge in [-0.25, -0.2) is 0 Å². The Hall–Kier alpha value is -2.81. The Morgan fingerprint density at radius 2 is 1.48 bits per heavy atom. The molecule has 2 aromatic rings. The van der Waals surface area contributed by atoms with Crippen molar-refractivity contribution in [3.05, 3.63) is 77.4 Å². The first-order valence-electron chi connectivity index (χ1n) is 8.43. The second kappa shape index (κ2) is 7.22. The van der Waals surface area contributed by atoms with Crippen LogP contribution in [0.5, 0.6) is 0 Å². The van der Waals surface area contributed by atoms with Crippen molar-refractivity contribution in [1.82, 2.24) is 0 Å². The van der Waals surface area contributed by atoms with Gasteiger partial charge in [-0.1, -0.05) is 36.4 Å². The van der Waals surface area contributed by atoms with E-state index < -0.39 is 53.0 Å². The molecule has 0 bridgehead atoms. The van der Waals surface area contributed by atoms with Crippen molar-refractivity contribution in [1.29, 1.82) is 0 Å². The van der Waals surface area contributed by atoms with Crippen LogP contribution in [0.25, 0.3) is 0 Å². The van der Waals surface area contributed by atoms with Crippen LogP contribution in [0.15, 0.2) is 60.7 Å². The number of hydrogen-bond donors (Lipinski definition) is 2. The van der Waals surface area contributed by atoms with Crippen molar-refractivity contribution in [2.45, 2.75) is 23.8 Å². The van der Waals surface area contributed by atoms with Gasteiger partial charge in [0.25, 0.3) is 0 Å². The maximum absolute atomic E-state index is 13.1. The molecule has 0 saturated heterocycles. The highest BCUT2D eigenvalue weighted by Gasteiger charge is 2.46. The molecule has 0 radical (unpaired) electrons. The Balaban J connectivity index is 2.09. The Labute approximate surface area is 161 Å². The van der Waals surface area contributed by atoms with E-state index in [2.05, 4.69) is 5.32 Å². The molecule has 3 nitrogen and oxygen atoms in total. The van der Waals surface area contributed by atoms with Crippen LogP contribution >= 0.6 is 0 Å². The van der Waals surface area contributed by atoms with E-state index in [1.807, 2.05) is 0 Å². The molecule has 0 aliphatic heterocycles. The number of aliphatic hydroxyl groups is 1. The van der Waals surface area contributed by atoms with Crippen LogP contribution in [0.3, 0.4) is 0 Å². The second-order valence-corrected chi connectivity index (χ2v) is 6.70. The van der Waals surface area contributed by atoms with Gasteiger partial charge in [-0.05, 0) is 29.8 Å². The molecule has 0 spiro atoms. The molecule has 1 aliphatic rings. The van der Waals surface area contributed by atoms with Crippen LogP contribution in [0.2, 0.25) is 0 Å². The second-order valence-electron chi connectivity index (χ2n) is 6.70. The van der Waals surface area contributed by atoms with Gasteiger partial charge in [0, 0.05) is 5.69 Å². The van der Waals surface area contributed by atoms with Gasteiger partial charge in [0.1, 0.15) is 0 Å². The highest BCUT2D eigenvalue weighted by atomic mass is 19.4. The fourth-order valence-electron chi connectivity index (χ4n) is 3.38. The maximum Gasteiger partial charge on any atom is 0.416 e. The van der Waals surface area contributed by atoms with Gasteiger partial charge < -0.3 is 10.4 Å². The molecule has 0 aromatic heterocycles. The fraction of sp³-hybridized carbons (Fsp3) is 0.250. The minimum Gasteiger partial charge on any atom is -0.394 e.